The van der Waals surface area contributed by atoms with E-state index in [0.717, 1.165) is 4.90 Å². The first-order chi connectivity index (χ1) is 6.59. The maximum absolute atomic E-state index is 11.6. The van der Waals surface area contributed by atoms with Crippen molar-refractivity contribution in [3.8, 4) is 0 Å². The molecule has 0 fully saturated rings. The van der Waals surface area contributed by atoms with Crippen molar-refractivity contribution in [2.45, 2.75) is 13.3 Å². The van der Waals surface area contributed by atoms with Gasteiger partial charge in [-0.25, -0.2) is 4.98 Å². The zero-order chi connectivity index (χ0) is 10.3. The first-order valence-corrected chi connectivity index (χ1v) is 4.23. The molecule has 14 heavy (non-hydrogen) atoms. The van der Waals surface area contributed by atoms with Gasteiger partial charge in [-0.1, -0.05) is 0 Å². The molecule has 2 heterocycles. The monoisotopic (exact) mass is 191 g/mol. The van der Waals surface area contributed by atoms with Gasteiger partial charge in [0.25, 0.3) is 5.91 Å². The summed E-state index contributed by atoms with van der Waals surface area (Å²) in [6.45, 7) is 1.76. The molecule has 0 radical (unpaired) electrons. The fourth-order valence-corrected chi connectivity index (χ4v) is 1.34. The predicted molar refractivity (Wildman–Crippen MR) is 47.6 cm³/mol. The molecule has 0 saturated carbocycles. The van der Waals surface area contributed by atoms with Gasteiger partial charge in [-0.3, -0.25) is 19.5 Å². The average molecular weight is 191 g/mol. The Morgan fingerprint density at radius 2 is 2.14 bits per heavy atom. The van der Waals surface area contributed by atoms with Crippen LogP contribution in [0.2, 0.25) is 0 Å². The number of likely N-dealkylation sites (N-methyl/N-ethyl adjacent to an activating group) is 1. The van der Waals surface area contributed by atoms with Crippen molar-refractivity contribution in [1.29, 1.82) is 0 Å². The molecular formula is C9H9N3O2. The maximum Gasteiger partial charge on any atom is 0.280 e. The van der Waals surface area contributed by atoms with Crippen LogP contribution in [0.5, 0.6) is 0 Å². The molecule has 0 unspecified atom stereocenters. The van der Waals surface area contributed by atoms with Gasteiger partial charge in [0.15, 0.2) is 5.69 Å². The second-order valence-corrected chi connectivity index (χ2v) is 3.24. The van der Waals surface area contributed by atoms with E-state index >= 15 is 0 Å². The van der Waals surface area contributed by atoms with Gasteiger partial charge < -0.3 is 0 Å². The molecule has 5 nitrogen and oxygen atoms in total. The highest BCUT2D eigenvalue weighted by molar-refractivity contribution is 6.07. The maximum atomic E-state index is 11.6. The van der Waals surface area contributed by atoms with Crippen molar-refractivity contribution in [2.24, 2.45) is 0 Å². The van der Waals surface area contributed by atoms with Crippen molar-refractivity contribution in [3.63, 3.8) is 0 Å². The highest BCUT2D eigenvalue weighted by Gasteiger charge is 2.30. The Balaban J connectivity index is 2.57. The van der Waals surface area contributed by atoms with Crippen LogP contribution in [0.15, 0.2) is 6.20 Å². The van der Waals surface area contributed by atoms with E-state index in [0.29, 0.717) is 17.1 Å². The Kier molecular flexibility index (Phi) is 1.80. The minimum absolute atomic E-state index is 0.158. The van der Waals surface area contributed by atoms with Gasteiger partial charge in [-0.2, -0.15) is 0 Å². The molecule has 72 valence electrons. The standard InChI is InChI=1S/C9H9N3O2/c1-5-4-10-6-3-7(13)12(2)9(14)8(6)11-5/h4H,3H2,1-2H3. The molecule has 1 aliphatic heterocycles. The number of rotatable bonds is 0. The molecule has 2 amide bonds. The van der Waals surface area contributed by atoms with Crippen LogP contribution < -0.4 is 0 Å². The van der Waals surface area contributed by atoms with E-state index in [1.165, 1.54) is 7.05 Å². The third-order valence-corrected chi connectivity index (χ3v) is 2.17. The molecule has 2 rings (SSSR count). The number of aryl methyl sites for hydroxylation is 1. The molecular weight excluding hydrogens is 182 g/mol. The summed E-state index contributed by atoms with van der Waals surface area (Å²) in [5.74, 6) is -0.604. The zero-order valence-electron chi connectivity index (χ0n) is 7.94. The third kappa shape index (κ3) is 1.17. The SMILES string of the molecule is Cc1cnc2c(n1)C(=O)N(C)C(=O)C2. The van der Waals surface area contributed by atoms with E-state index in [9.17, 15) is 9.59 Å². The van der Waals surface area contributed by atoms with E-state index in [-0.39, 0.29) is 18.2 Å². The lowest BCUT2D eigenvalue weighted by Gasteiger charge is -2.21. The summed E-state index contributed by atoms with van der Waals surface area (Å²) >= 11 is 0. The third-order valence-electron chi connectivity index (χ3n) is 2.17. The Morgan fingerprint density at radius 3 is 2.86 bits per heavy atom. The minimum atomic E-state index is -0.368. The normalized spacial score (nSPS) is 15.7. The van der Waals surface area contributed by atoms with E-state index in [2.05, 4.69) is 9.97 Å². The highest BCUT2D eigenvalue weighted by Crippen LogP contribution is 2.14. The molecule has 0 bridgehead atoms. The average Bonchev–Trinajstić information content (AvgIpc) is 2.16. The number of aromatic nitrogens is 2. The van der Waals surface area contributed by atoms with Crippen LogP contribution in [0.4, 0.5) is 0 Å². The first kappa shape index (κ1) is 8.80. The van der Waals surface area contributed by atoms with Gasteiger partial charge in [-0.05, 0) is 6.92 Å². The van der Waals surface area contributed by atoms with Crippen LogP contribution in [0.3, 0.4) is 0 Å². The second kappa shape index (κ2) is 2.87. The molecule has 1 aliphatic rings. The quantitative estimate of drug-likeness (QED) is 0.539. The number of hydrogen-bond acceptors (Lipinski definition) is 4. The summed E-state index contributed by atoms with van der Waals surface area (Å²) in [4.78, 5) is 32.0. The van der Waals surface area contributed by atoms with Gasteiger partial charge in [-0.15, -0.1) is 0 Å². The number of hydrogen-bond donors (Lipinski definition) is 0. The number of fused-ring (bicyclic) bond motifs is 1. The summed E-state index contributed by atoms with van der Waals surface area (Å²) < 4.78 is 0. The Labute approximate surface area is 80.8 Å². The molecule has 5 heteroatoms. The molecule has 0 N–H and O–H groups in total. The summed E-state index contributed by atoms with van der Waals surface area (Å²) in [6, 6.07) is 0. The van der Waals surface area contributed by atoms with E-state index in [1.54, 1.807) is 13.1 Å². The molecule has 0 atom stereocenters. The lowest BCUT2D eigenvalue weighted by molar-refractivity contribution is -0.127. The van der Waals surface area contributed by atoms with Crippen molar-refractivity contribution in [2.75, 3.05) is 7.05 Å². The van der Waals surface area contributed by atoms with Crippen molar-refractivity contribution < 1.29 is 9.59 Å². The van der Waals surface area contributed by atoms with Crippen molar-refractivity contribution >= 4 is 11.8 Å². The van der Waals surface area contributed by atoms with Gasteiger partial charge in [0.2, 0.25) is 5.91 Å². The summed E-state index contributed by atoms with van der Waals surface area (Å²) in [6.07, 6.45) is 1.72. The summed E-state index contributed by atoms with van der Waals surface area (Å²) in [7, 11) is 1.46. The number of carbonyl (C=O) groups is 2. The Bertz CT molecular complexity index is 428. The van der Waals surface area contributed by atoms with Crippen LogP contribution in [0, 0.1) is 6.92 Å². The van der Waals surface area contributed by atoms with Crippen LogP contribution in [-0.4, -0.2) is 33.7 Å². The van der Waals surface area contributed by atoms with Crippen LogP contribution in [-0.2, 0) is 11.2 Å². The van der Waals surface area contributed by atoms with Gasteiger partial charge in [0.1, 0.15) is 0 Å². The minimum Gasteiger partial charge on any atom is -0.280 e. The molecule has 1 aromatic heterocycles. The molecule has 0 aromatic carbocycles. The molecule has 1 aromatic rings. The van der Waals surface area contributed by atoms with E-state index < -0.39 is 0 Å². The number of carbonyl (C=O) groups excluding carboxylic acids is 2. The second-order valence-electron chi connectivity index (χ2n) is 3.24. The van der Waals surface area contributed by atoms with Crippen LogP contribution in [0.1, 0.15) is 21.9 Å². The number of amides is 2. The molecule has 0 spiro atoms. The Hall–Kier alpha value is -1.78. The van der Waals surface area contributed by atoms with Crippen molar-refractivity contribution in [3.05, 3.63) is 23.3 Å². The number of nitrogens with zero attached hydrogens (tertiary/aromatic N) is 3. The molecule has 0 aliphatic carbocycles. The van der Waals surface area contributed by atoms with Crippen molar-refractivity contribution in [1.82, 2.24) is 14.9 Å². The summed E-state index contributed by atoms with van der Waals surface area (Å²) in [5, 5.41) is 0. The summed E-state index contributed by atoms with van der Waals surface area (Å²) in [5.41, 5.74) is 1.45. The molecule has 0 saturated heterocycles. The van der Waals surface area contributed by atoms with Crippen LogP contribution >= 0.6 is 0 Å². The van der Waals surface area contributed by atoms with Crippen LogP contribution in [0.25, 0.3) is 0 Å². The smallest absolute Gasteiger partial charge is 0.280 e. The first-order valence-electron chi connectivity index (χ1n) is 4.23. The number of imide groups is 1. The van der Waals surface area contributed by atoms with E-state index in [4.69, 9.17) is 0 Å². The van der Waals surface area contributed by atoms with Gasteiger partial charge in [0.05, 0.1) is 17.8 Å². The topological polar surface area (TPSA) is 63.2 Å². The fourth-order valence-electron chi connectivity index (χ4n) is 1.34. The highest BCUT2D eigenvalue weighted by atomic mass is 16.2. The largest absolute Gasteiger partial charge is 0.280 e. The fraction of sp³-hybridized carbons (Fsp3) is 0.333. The van der Waals surface area contributed by atoms with E-state index in [1.807, 2.05) is 0 Å². The van der Waals surface area contributed by atoms with Gasteiger partial charge in [0, 0.05) is 13.2 Å². The predicted octanol–water partition coefficient (Wildman–Crippen LogP) is -0.0603. The lowest BCUT2D eigenvalue weighted by atomic mass is 10.1. The zero-order valence-corrected chi connectivity index (χ0v) is 7.94. The lowest BCUT2D eigenvalue weighted by Crippen LogP contribution is -2.40. The Morgan fingerprint density at radius 1 is 1.43 bits per heavy atom. The van der Waals surface area contributed by atoms with Gasteiger partial charge >= 0.3 is 0 Å².